The van der Waals surface area contributed by atoms with Gasteiger partial charge in [0.15, 0.2) is 0 Å². The van der Waals surface area contributed by atoms with E-state index in [4.69, 9.17) is 4.42 Å². The van der Waals surface area contributed by atoms with Gasteiger partial charge in [-0.3, -0.25) is 4.90 Å². The molecule has 140 valence electrons. The molecule has 27 heavy (non-hydrogen) atoms. The van der Waals surface area contributed by atoms with E-state index in [-0.39, 0.29) is 12.2 Å². The zero-order valence-corrected chi connectivity index (χ0v) is 14.9. The van der Waals surface area contributed by atoms with Gasteiger partial charge >= 0.3 is 5.63 Å². The molecule has 1 fully saturated rings. The molecule has 5 nitrogen and oxygen atoms in total. The van der Waals surface area contributed by atoms with Crippen molar-refractivity contribution in [2.75, 3.05) is 26.2 Å². The third-order valence-corrected chi connectivity index (χ3v) is 5.01. The number of hydrogen-bond donors (Lipinski definition) is 2. The summed E-state index contributed by atoms with van der Waals surface area (Å²) >= 11 is 0. The molecule has 0 saturated carbocycles. The van der Waals surface area contributed by atoms with Crippen molar-refractivity contribution in [1.29, 1.82) is 0 Å². The number of piperazine rings is 1. The van der Waals surface area contributed by atoms with Crippen molar-refractivity contribution in [3.63, 3.8) is 0 Å². The SMILES string of the molecule is O=c1oc2ccccc2c(-c2ccc(CO)c(F)c2)c1CN1CCNCC1. The fraction of sp³-hybridized carbons (Fsp3) is 0.286. The first-order valence-corrected chi connectivity index (χ1v) is 9.05. The predicted octanol–water partition coefficient (Wildman–Crippen LogP) is 2.50. The predicted molar refractivity (Wildman–Crippen MR) is 102 cm³/mol. The summed E-state index contributed by atoms with van der Waals surface area (Å²) in [6.07, 6.45) is 0. The van der Waals surface area contributed by atoms with E-state index in [2.05, 4.69) is 10.2 Å². The maximum absolute atomic E-state index is 14.3. The second-order valence-corrected chi connectivity index (χ2v) is 6.73. The summed E-state index contributed by atoms with van der Waals surface area (Å²) in [5, 5.41) is 13.3. The van der Waals surface area contributed by atoms with Gasteiger partial charge in [0.05, 0.1) is 12.2 Å². The molecule has 0 unspecified atom stereocenters. The third kappa shape index (κ3) is 3.51. The van der Waals surface area contributed by atoms with Gasteiger partial charge in [-0.05, 0) is 17.7 Å². The highest BCUT2D eigenvalue weighted by molar-refractivity contribution is 5.94. The number of nitrogens with zero attached hydrogens (tertiary/aromatic N) is 1. The Bertz CT molecular complexity index is 1030. The van der Waals surface area contributed by atoms with E-state index >= 15 is 0 Å². The minimum atomic E-state index is -0.486. The van der Waals surface area contributed by atoms with Crippen molar-refractivity contribution in [3.8, 4) is 11.1 Å². The molecule has 1 saturated heterocycles. The number of nitrogens with one attached hydrogen (secondary N) is 1. The zero-order chi connectivity index (χ0) is 18.8. The lowest BCUT2D eigenvalue weighted by atomic mass is 9.95. The van der Waals surface area contributed by atoms with Crippen LogP contribution in [0.15, 0.2) is 51.7 Å². The van der Waals surface area contributed by atoms with Crippen LogP contribution in [0.5, 0.6) is 0 Å². The Balaban J connectivity index is 1.91. The van der Waals surface area contributed by atoms with E-state index in [9.17, 15) is 14.3 Å². The topological polar surface area (TPSA) is 65.7 Å². The Morgan fingerprint density at radius 2 is 1.93 bits per heavy atom. The summed E-state index contributed by atoms with van der Waals surface area (Å²) in [6.45, 7) is 3.50. The lowest BCUT2D eigenvalue weighted by Crippen LogP contribution is -2.43. The smallest absolute Gasteiger partial charge is 0.341 e. The molecule has 0 radical (unpaired) electrons. The van der Waals surface area contributed by atoms with Crippen LogP contribution >= 0.6 is 0 Å². The summed E-state index contributed by atoms with van der Waals surface area (Å²) in [5.74, 6) is -0.486. The average Bonchev–Trinajstić information content (AvgIpc) is 2.69. The minimum Gasteiger partial charge on any atom is -0.422 e. The summed E-state index contributed by atoms with van der Waals surface area (Å²) in [6, 6.07) is 12.0. The molecule has 1 aliphatic rings. The Morgan fingerprint density at radius 1 is 1.15 bits per heavy atom. The molecule has 0 aliphatic carbocycles. The molecule has 6 heteroatoms. The minimum absolute atomic E-state index is 0.231. The molecule has 0 spiro atoms. The molecule has 2 N–H and O–H groups in total. The third-order valence-electron chi connectivity index (χ3n) is 5.01. The second kappa shape index (κ2) is 7.60. The standard InChI is InChI=1S/C21H21FN2O3/c22-18-11-14(5-6-15(18)13-25)20-16-3-1-2-4-19(16)27-21(26)17(20)12-24-9-7-23-8-10-24/h1-6,11,23,25H,7-10,12-13H2. The van der Waals surface area contributed by atoms with Crippen LogP contribution in [0.3, 0.4) is 0 Å². The maximum Gasteiger partial charge on any atom is 0.341 e. The Morgan fingerprint density at radius 3 is 2.67 bits per heavy atom. The van der Waals surface area contributed by atoms with Crippen molar-refractivity contribution in [1.82, 2.24) is 10.2 Å². The van der Waals surface area contributed by atoms with Gasteiger partial charge in [0.25, 0.3) is 0 Å². The van der Waals surface area contributed by atoms with Crippen molar-refractivity contribution in [2.45, 2.75) is 13.2 Å². The number of para-hydroxylation sites is 1. The van der Waals surface area contributed by atoms with Crippen LogP contribution in [0.2, 0.25) is 0 Å². The number of halogens is 1. The summed E-state index contributed by atoms with van der Waals surface area (Å²) in [5.41, 5.74) is 2.16. The lowest BCUT2D eigenvalue weighted by Gasteiger charge is -2.27. The van der Waals surface area contributed by atoms with Gasteiger partial charge < -0.3 is 14.8 Å². The van der Waals surface area contributed by atoms with Crippen LogP contribution < -0.4 is 10.9 Å². The van der Waals surface area contributed by atoms with E-state index < -0.39 is 11.4 Å². The van der Waals surface area contributed by atoms with E-state index in [1.807, 2.05) is 12.1 Å². The molecule has 1 aliphatic heterocycles. The first-order valence-electron chi connectivity index (χ1n) is 9.05. The maximum atomic E-state index is 14.3. The van der Waals surface area contributed by atoms with Gasteiger partial charge in [0.2, 0.25) is 0 Å². The Hall–Kier alpha value is -2.54. The van der Waals surface area contributed by atoms with Crippen molar-refractivity contribution in [2.24, 2.45) is 0 Å². The number of aliphatic hydroxyl groups is 1. The molecular weight excluding hydrogens is 347 g/mol. The Labute approximate surface area is 156 Å². The van der Waals surface area contributed by atoms with E-state index in [0.29, 0.717) is 28.8 Å². The number of rotatable bonds is 4. The normalized spacial score (nSPS) is 15.3. The number of benzene rings is 2. The number of hydrogen-bond acceptors (Lipinski definition) is 5. The molecule has 0 amide bonds. The molecule has 0 atom stereocenters. The largest absolute Gasteiger partial charge is 0.422 e. The van der Waals surface area contributed by atoms with Gasteiger partial charge in [-0.25, -0.2) is 9.18 Å². The van der Waals surface area contributed by atoms with Gasteiger partial charge in [0, 0.05) is 49.2 Å². The quantitative estimate of drug-likeness (QED) is 0.693. The van der Waals surface area contributed by atoms with Crippen molar-refractivity contribution < 1.29 is 13.9 Å². The monoisotopic (exact) mass is 368 g/mol. The fourth-order valence-electron chi connectivity index (χ4n) is 3.59. The highest BCUT2D eigenvalue weighted by atomic mass is 19.1. The van der Waals surface area contributed by atoms with Gasteiger partial charge in [-0.1, -0.05) is 30.3 Å². The average molecular weight is 368 g/mol. The van der Waals surface area contributed by atoms with E-state index in [1.165, 1.54) is 6.07 Å². The number of aliphatic hydroxyl groups excluding tert-OH is 1. The number of fused-ring (bicyclic) bond motifs is 1. The molecule has 4 rings (SSSR count). The molecule has 1 aromatic heterocycles. The fourth-order valence-corrected chi connectivity index (χ4v) is 3.59. The molecule has 3 aromatic rings. The zero-order valence-electron chi connectivity index (χ0n) is 14.9. The van der Waals surface area contributed by atoms with Crippen LogP contribution in [0.4, 0.5) is 4.39 Å². The van der Waals surface area contributed by atoms with Crippen LogP contribution in [0.25, 0.3) is 22.1 Å². The van der Waals surface area contributed by atoms with Gasteiger partial charge in [-0.15, -0.1) is 0 Å². The van der Waals surface area contributed by atoms with Crippen LogP contribution in [-0.2, 0) is 13.2 Å². The summed E-state index contributed by atoms with van der Waals surface area (Å²) in [4.78, 5) is 15.0. The second-order valence-electron chi connectivity index (χ2n) is 6.73. The van der Waals surface area contributed by atoms with E-state index in [1.54, 1.807) is 24.3 Å². The van der Waals surface area contributed by atoms with Crippen molar-refractivity contribution >= 4 is 11.0 Å². The highest BCUT2D eigenvalue weighted by Crippen LogP contribution is 2.32. The van der Waals surface area contributed by atoms with Gasteiger partial charge in [0.1, 0.15) is 11.4 Å². The molecule has 0 bridgehead atoms. The van der Waals surface area contributed by atoms with Crippen LogP contribution in [-0.4, -0.2) is 36.2 Å². The first kappa shape index (κ1) is 17.9. The first-order chi connectivity index (χ1) is 13.2. The van der Waals surface area contributed by atoms with Gasteiger partial charge in [-0.2, -0.15) is 0 Å². The highest BCUT2D eigenvalue weighted by Gasteiger charge is 2.20. The Kier molecular flexibility index (Phi) is 5.03. The molecule has 2 heterocycles. The summed E-state index contributed by atoms with van der Waals surface area (Å²) < 4.78 is 19.9. The summed E-state index contributed by atoms with van der Waals surface area (Å²) in [7, 11) is 0. The lowest BCUT2D eigenvalue weighted by molar-refractivity contribution is 0.231. The molecule has 2 aromatic carbocycles. The molecular formula is C21H21FN2O3. The van der Waals surface area contributed by atoms with Crippen molar-refractivity contribution in [3.05, 3.63) is 69.8 Å². The van der Waals surface area contributed by atoms with Crippen LogP contribution in [0.1, 0.15) is 11.1 Å². The van der Waals surface area contributed by atoms with Crippen LogP contribution in [0, 0.1) is 5.82 Å². The van der Waals surface area contributed by atoms with E-state index in [0.717, 1.165) is 31.6 Å².